The summed E-state index contributed by atoms with van der Waals surface area (Å²) in [5.74, 6) is -0.322. The quantitative estimate of drug-likeness (QED) is 0.748. The third-order valence-corrected chi connectivity index (χ3v) is 2.59. The normalized spacial score (nSPS) is 14.3. The van der Waals surface area contributed by atoms with Crippen molar-refractivity contribution in [1.82, 2.24) is 4.98 Å². The smallest absolute Gasteiger partial charge is 0.340 e. The first-order valence-electron chi connectivity index (χ1n) is 5.71. The first kappa shape index (κ1) is 11.6. The van der Waals surface area contributed by atoms with Crippen molar-refractivity contribution >= 4 is 5.97 Å². The van der Waals surface area contributed by atoms with Gasteiger partial charge in [-0.05, 0) is 37.5 Å². The van der Waals surface area contributed by atoms with Gasteiger partial charge in [-0.1, -0.05) is 18.2 Å². The van der Waals surface area contributed by atoms with Crippen LogP contribution in [0.1, 0.15) is 28.9 Å². The van der Waals surface area contributed by atoms with Crippen LogP contribution in [0.5, 0.6) is 0 Å². The Kier molecular flexibility index (Phi) is 3.70. The Morgan fingerprint density at radius 2 is 2.29 bits per heavy atom. The Hall–Kier alpha value is -1.90. The van der Waals surface area contributed by atoms with Gasteiger partial charge in [0.1, 0.15) is 6.61 Å². The summed E-state index contributed by atoms with van der Waals surface area (Å²) in [4.78, 5) is 15.8. The lowest BCUT2D eigenvalue weighted by atomic mass is 10.1. The van der Waals surface area contributed by atoms with Crippen LogP contribution >= 0.6 is 0 Å². The molecule has 0 saturated carbocycles. The molecule has 0 aromatic carbocycles. The van der Waals surface area contributed by atoms with Gasteiger partial charge >= 0.3 is 5.97 Å². The summed E-state index contributed by atoms with van der Waals surface area (Å²) in [5, 5.41) is 0. The van der Waals surface area contributed by atoms with Gasteiger partial charge in [0.2, 0.25) is 0 Å². The predicted molar refractivity (Wildman–Crippen MR) is 65.7 cm³/mol. The topological polar surface area (TPSA) is 39.2 Å². The molecule has 1 aromatic rings. The third-order valence-electron chi connectivity index (χ3n) is 2.59. The highest BCUT2D eigenvalue weighted by molar-refractivity contribution is 5.89. The van der Waals surface area contributed by atoms with Gasteiger partial charge in [-0.3, -0.25) is 4.98 Å². The predicted octanol–water partition coefficient (Wildman–Crippen LogP) is 2.82. The van der Waals surface area contributed by atoms with E-state index in [0.29, 0.717) is 12.2 Å². The number of allylic oxidation sites excluding steroid dienone is 2. The van der Waals surface area contributed by atoms with E-state index in [4.69, 9.17) is 4.74 Å². The van der Waals surface area contributed by atoms with Gasteiger partial charge < -0.3 is 4.74 Å². The minimum Gasteiger partial charge on any atom is -0.457 e. The van der Waals surface area contributed by atoms with Crippen LogP contribution in [-0.2, 0) is 4.74 Å². The summed E-state index contributed by atoms with van der Waals surface area (Å²) in [6, 6.07) is 3.53. The molecule has 0 bridgehead atoms. The van der Waals surface area contributed by atoms with Crippen molar-refractivity contribution in [2.24, 2.45) is 0 Å². The fraction of sp³-hybridized carbons (Fsp3) is 0.286. The molecule has 1 aliphatic rings. The van der Waals surface area contributed by atoms with Gasteiger partial charge in [-0.2, -0.15) is 0 Å². The molecule has 0 atom stereocenters. The molecule has 0 saturated heterocycles. The molecule has 0 aliphatic heterocycles. The zero-order chi connectivity index (χ0) is 12.1. The van der Waals surface area contributed by atoms with Crippen molar-refractivity contribution in [3.63, 3.8) is 0 Å². The molecule has 0 radical (unpaired) electrons. The van der Waals surface area contributed by atoms with E-state index in [-0.39, 0.29) is 5.97 Å². The third kappa shape index (κ3) is 3.28. The second-order valence-corrected chi connectivity index (χ2v) is 4.02. The molecule has 1 aliphatic carbocycles. The molecule has 3 nitrogen and oxygen atoms in total. The number of hydrogen-bond donors (Lipinski definition) is 0. The minimum atomic E-state index is -0.322. The van der Waals surface area contributed by atoms with Crippen LogP contribution in [0.3, 0.4) is 0 Å². The van der Waals surface area contributed by atoms with E-state index in [1.165, 1.54) is 0 Å². The number of esters is 1. The molecule has 0 unspecified atom stereocenters. The van der Waals surface area contributed by atoms with Crippen molar-refractivity contribution in [2.45, 2.75) is 19.8 Å². The molecular weight excluding hydrogens is 214 g/mol. The Bertz CT molecular complexity index is 458. The molecule has 88 valence electrons. The van der Waals surface area contributed by atoms with Crippen LogP contribution in [0.15, 0.2) is 42.1 Å². The maximum atomic E-state index is 11.7. The van der Waals surface area contributed by atoms with Gasteiger partial charge in [-0.15, -0.1) is 0 Å². The van der Waals surface area contributed by atoms with Crippen LogP contribution < -0.4 is 0 Å². The lowest BCUT2D eigenvalue weighted by Crippen LogP contribution is -2.08. The van der Waals surface area contributed by atoms with Gasteiger partial charge in [-0.25, -0.2) is 4.79 Å². The van der Waals surface area contributed by atoms with E-state index in [9.17, 15) is 4.79 Å². The second kappa shape index (κ2) is 5.43. The maximum absolute atomic E-state index is 11.7. The van der Waals surface area contributed by atoms with E-state index >= 15 is 0 Å². The SMILES string of the molecule is Cc1ccc(C(=O)OCC2=CCCC=C2)cn1. The Labute approximate surface area is 101 Å². The van der Waals surface area contributed by atoms with Crippen LogP contribution in [0, 0.1) is 6.92 Å². The van der Waals surface area contributed by atoms with E-state index < -0.39 is 0 Å². The standard InChI is InChI=1S/C14H15NO2/c1-11-7-8-13(9-15-11)14(16)17-10-12-5-3-2-4-6-12/h3,5-9H,2,4,10H2,1H3. The average Bonchev–Trinajstić information content (AvgIpc) is 2.38. The fourth-order valence-electron chi connectivity index (χ4n) is 1.60. The van der Waals surface area contributed by atoms with Gasteiger partial charge in [0.05, 0.1) is 5.56 Å². The molecule has 2 rings (SSSR count). The second-order valence-electron chi connectivity index (χ2n) is 4.02. The zero-order valence-electron chi connectivity index (χ0n) is 9.85. The number of aromatic nitrogens is 1. The van der Waals surface area contributed by atoms with E-state index in [0.717, 1.165) is 24.1 Å². The minimum absolute atomic E-state index is 0.322. The Morgan fingerprint density at radius 1 is 1.41 bits per heavy atom. The molecule has 0 spiro atoms. The maximum Gasteiger partial charge on any atom is 0.340 e. The van der Waals surface area contributed by atoms with Crippen LogP contribution in [-0.4, -0.2) is 17.6 Å². The number of aryl methyl sites for hydroxylation is 1. The number of carbonyl (C=O) groups excluding carboxylic acids is 1. The van der Waals surface area contributed by atoms with E-state index in [2.05, 4.69) is 17.1 Å². The van der Waals surface area contributed by atoms with Crippen LogP contribution in [0.4, 0.5) is 0 Å². The zero-order valence-corrected chi connectivity index (χ0v) is 9.85. The summed E-state index contributed by atoms with van der Waals surface area (Å²) in [7, 11) is 0. The molecular formula is C14H15NO2. The Balaban J connectivity index is 1.91. The van der Waals surface area contributed by atoms with Crippen molar-refractivity contribution in [2.75, 3.05) is 6.61 Å². The van der Waals surface area contributed by atoms with Crippen LogP contribution in [0.25, 0.3) is 0 Å². The highest BCUT2D eigenvalue weighted by atomic mass is 16.5. The largest absolute Gasteiger partial charge is 0.457 e. The first-order chi connectivity index (χ1) is 8.25. The molecule has 1 aromatic heterocycles. The highest BCUT2D eigenvalue weighted by Crippen LogP contribution is 2.11. The number of rotatable bonds is 3. The van der Waals surface area contributed by atoms with Gasteiger partial charge in [0.25, 0.3) is 0 Å². The molecule has 3 heteroatoms. The number of carbonyl (C=O) groups is 1. The summed E-state index contributed by atoms with van der Waals surface area (Å²) in [6.45, 7) is 2.22. The molecule has 0 amide bonds. The van der Waals surface area contributed by atoms with Crippen molar-refractivity contribution in [3.05, 3.63) is 53.4 Å². The lowest BCUT2D eigenvalue weighted by molar-refractivity contribution is 0.0542. The van der Waals surface area contributed by atoms with Crippen molar-refractivity contribution in [3.8, 4) is 0 Å². The molecule has 1 heterocycles. The van der Waals surface area contributed by atoms with Crippen LogP contribution in [0.2, 0.25) is 0 Å². The summed E-state index contributed by atoms with van der Waals surface area (Å²) < 4.78 is 5.21. The van der Waals surface area contributed by atoms with E-state index in [1.807, 2.05) is 13.0 Å². The number of nitrogens with zero attached hydrogens (tertiary/aromatic N) is 1. The van der Waals surface area contributed by atoms with Crippen molar-refractivity contribution in [1.29, 1.82) is 0 Å². The fourth-order valence-corrected chi connectivity index (χ4v) is 1.60. The summed E-state index contributed by atoms with van der Waals surface area (Å²) in [6.07, 6.45) is 9.83. The van der Waals surface area contributed by atoms with E-state index in [1.54, 1.807) is 18.3 Å². The molecule has 0 fully saturated rings. The summed E-state index contributed by atoms with van der Waals surface area (Å²) in [5.41, 5.74) is 2.44. The number of hydrogen-bond acceptors (Lipinski definition) is 3. The highest BCUT2D eigenvalue weighted by Gasteiger charge is 2.08. The average molecular weight is 229 g/mol. The Morgan fingerprint density at radius 3 is 2.94 bits per heavy atom. The molecule has 17 heavy (non-hydrogen) atoms. The monoisotopic (exact) mass is 229 g/mol. The lowest BCUT2D eigenvalue weighted by Gasteiger charge is -2.08. The number of ether oxygens (including phenoxy) is 1. The van der Waals surface area contributed by atoms with Gasteiger partial charge in [0, 0.05) is 11.9 Å². The summed E-state index contributed by atoms with van der Waals surface area (Å²) >= 11 is 0. The van der Waals surface area contributed by atoms with Crippen molar-refractivity contribution < 1.29 is 9.53 Å². The van der Waals surface area contributed by atoms with Gasteiger partial charge in [0.15, 0.2) is 0 Å². The number of pyridine rings is 1. The first-order valence-corrected chi connectivity index (χ1v) is 5.71. The molecule has 0 N–H and O–H groups in total.